The summed E-state index contributed by atoms with van der Waals surface area (Å²) in [6.45, 7) is -0.0868. The average molecular weight is 211 g/mol. The zero-order valence-corrected chi connectivity index (χ0v) is 7.82. The van der Waals surface area contributed by atoms with Gasteiger partial charge < -0.3 is 5.11 Å². The van der Waals surface area contributed by atoms with Crippen LogP contribution in [0.25, 0.3) is 0 Å². The molecule has 0 saturated carbocycles. The molecule has 0 spiro atoms. The summed E-state index contributed by atoms with van der Waals surface area (Å²) in [5.41, 5.74) is 0. The van der Waals surface area contributed by atoms with E-state index in [-0.39, 0.29) is 34.7 Å². The Hall–Kier alpha value is 1.54. The molecule has 8 heavy (non-hydrogen) atoms. The van der Waals surface area contributed by atoms with Crippen LogP contribution in [0.5, 0.6) is 0 Å². The second-order valence-electron chi connectivity index (χ2n) is 1.09. The Balaban J connectivity index is 0. The van der Waals surface area contributed by atoms with Crippen LogP contribution in [-0.2, 0) is 21.7 Å². The van der Waals surface area contributed by atoms with Gasteiger partial charge in [-0.25, -0.2) is 0 Å². The Bertz CT molecular complexity index is 53.0. The van der Waals surface area contributed by atoms with Crippen molar-refractivity contribution in [1.82, 2.24) is 0 Å². The minimum absolute atomic E-state index is 0. The Labute approximate surface area is 78.2 Å². The molecule has 0 aromatic carbocycles. The van der Waals surface area contributed by atoms with Gasteiger partial charge in [0, 0.05) is 34.7 Å². The van der Waals surface area contributed by atoms with E-state index in [1.165, 1.54) is 0 Å². The molecule has 5 heteroatoms. The number of hydrogen-bond acceptors (Lipinski definition) is 1. The fourth-order valence-electron chi connectivity index (χ4n) is 0.127. The van der Waals surface area contributed by atoms with Crippen LogP contribution in [0.2, 0.25) is 0 Å². The van der Waals surface area contributed by atoms with Crippen LogP contribution in [0.15, 0.2) is 0 Å². The maximum atomic E-state index is 8.15. The van der Waals surface area contributed by atoms with Crippen LogP contribution in [0.1, 0.15) is 6.42 Å². The first-order valence-electron chi connectivity index (χ1n) is 1.74. The summed E-state index contributed by atoms with van der Waals surface area (Å²) in [6.07, 6.45) is 0.192. The van der Waals surface area contributed by atoms with Crippen LogP contribution in [0.4, 0.5) is 0 Å². The Morgan fingerprint density at radius 2 is 1.62 bits per heavy atom. The predicted molar refractivity (Wildman–Crippen MR) is 32.0 cm³/mol. The molecule has 0 heterocycles. The molecule has 0 aliphatic rings. The summed E-state index contributed by atoms with van der Waals surface area (Å²) in [7, 11) is 0. The average Bonchev–Trinajstić information content (AvgIpc) is 1.30. The van der Waals surface area contributed by atoms with Crippen molar-refractivity contribution in [2.24, 2.45) is 0 Å². The molecular weight excluding hydrogens is 206 g/mol. The second kappa shape index (κ2) is 5.34. The van der Waals surface area contributed by atoms with Gasteiger partial charge in [0.05, 0.1) is 0 Å². The minimum Gasteiger partial charge on any atom is -0.396 e. The molecular formula is C3H5Cl3OTi. The van der Waals surface area contributed by atoms with Crippen molar-refractivity contribution < 1.29 is 26.8 Å². The number of rotatable bonds is 1. The molecule has 0 aliphatic carbocycles. The molecule has 48 valence electrons. The molecule has 0 aromatic heterocycles. The molecule has 0 aromatic rings. The summed E-state index contributed by atoms with van der Waals surface area (Å²) in [5, 5.41) is 8.15. The molecule has 0 rings (SSSR count). The zero-order valence-electron chi connectivity index (χ0n) is 4.00. The molecule has 0 unspecified atom stereocenters. The normalized spacial score (nSPS) is 10.5. The van der Waals surface area contributed by atoms with E-state index in [4.69, 9.17) is 39.9 Å². The third kappa shape index (κ3) is 10.5. The van der Waals surface area contributed by atoms with Crippen molar-refractivity contribution >= 4 is 34.8 Å². The van der Waals surface area contributed by atoms with Gasteiger partial charge in [0.1, 0.15) is 0 Å². The largest absolute Gasteiger partial charge is 0.396 e. The maximum absolute atomic E-state index is 8.15. The van der Waals surface area contributed by atoms with Crippen LogP contribution in [0, 0.1) is 0 Å². The Kier molecular flexibility index (Phi) is 8.17. The van der Waals surface area contributed by atoms with Crippen LogP contribution in [-0.4, -0.2) is 15.5 Å². The van der Waals surface area contributed by atoms with Gasteiger partial charge in [-0.2, -0.15) is 0 Å². The van der Waals surface area contributed by atoms with Gasteiger partial charge in [0.2, 0.25) is 0 Å². The second-order valence-corrected chi connectivity index (χ2v) is 3.60. The standard InChI is InChI=1S/C3H5Cl3O.Ti/c4-3(5,6)1-2-7;/h7H,1-2H2;. The molecule has 0 saturated heterocycles. The first-order valence-corrected chi connectivity index (χ1v) is 2.87. The van der Waals surface area contributed by atoms with Gasteiger partial charge in [-0.3, -0.25) is 0 Å². The SMILES string of the molecule is OCCC(Cl)(Cl)Cl.[Ti]. The molecule has 0 radical (unpaired) electrons. The van der Waals surface area contributed by atoms with E-state index in [0.717, 1.165) is 0 Å². The molecule has 0 aliphatic heterocycles. The summed E-state index contributed by atoms with van der Waals surface area (Å²) >= 11 is 15.6. The van der Waals surface area contributed by atoms with Crippen molar-refractivity contribution in [3.63, 3.8) is 0 Å². The summed E-state index contributed by atoms with van der Waals surface area (Å²) in [4.78, 5) is 0. The first-order chi connectivity index (χ1) is 3.06. The summed E-state index contributed by atoms with van der Waals surface area (Å²) in [6, 6.07) is 0. The van der Waals surface area contributed by atoms with Crippen LogP contribution in [0.3, 0.4) is 0 Å². The fraction of sp³-hybridized carbons (Fsp3) is 1.00. The number of aliphatic hydroxyl groups excluding tert-OH is 1. The third-order valence-corrected chi connectivity index (χ3v) is 0.962. The smallest absolute Gasteiger partial charge is 0.192 e. The van der Waals surface area contributed by atoms with Crippen molar-refractivity contribution in [2.75, 3.05) is 6.61 Å². The van der Waals surface area contributed by atoms with Gasteiger partial charge >= 0.3 is 0 Å². The van der Waals surface area contributed by atoms with Gasteiger partial charge in [-0.1, -0.05) is 34.8 Å². The molecule has 0 atom stereocenters. The predicted octanol–water partition coefficient (Wildman–Crippen LogP) is 1.74. The minimum atomic E-state index is -1.28. The molecule has 1 nitrogen and oxygen atoms in total. The number of hydrogen-bond donors (Lipinski definition) is 1. The number of halogens is 3. The van der Waals surface area contributed by atoms with E-state index in [1.54, 1.807) is 0 Å². The summed E-state index contributed by atoms with van der Waals surface area (Å²) < 4.78 is -1.28. The molecule has 0 fully saturated rings. The maximum Gasteiger partial charge on any atom is 0.192 e. The quantitative estimate of drug-likeness (QED) is 0.517. The van der Waals surface area contributed by atoms with Crippen molar-refractivity contribution in [1.29, 1.82) is 0 Å². The first kappa shape index (κ1) is 12.2. The zero-order chi connectivity index (χ0) is 5.91. The van der Waals surface area contributed by atoms with Gasteiger partial charge in [0.15, 0.2) is 3.79 Å². The van der Waals surface area contributed by atoms with E-state index in [0.29, 0.717) is 0 Å². The van der Waals surface area contributed by atoms with Crippen LogP contribution >= 0.6 is 34.8 Å². The molecule has 0 bridgehead atoms. The van der Waals surface area contributed by atoms with Crippen molar-refractivity contribution in [3.8, 4) is 0 Å². The van der Waals surface area contributed by atoms with E-state index in [9.17, 15) is 0 Å². The third-order valence-electron chi connectivity index (χ3n) is 0.395. The number of aliphatic hydroxyl groups is 1. The van der Waals surface area contributed by atoms with Crippen molar-refractivity contribution in [2.45, 2.75) is 10.2 Å². The van der Waals surface area contributed by atoms with E-state index >= 15 is 0 Å². The Morgan fingerprint density at radius 1 is 1.25 bits per heavy atom. The monoisotopic (exact) mass is 210 g/mol. The topological polar surface area (TPSA) is 20.2 Å². The van der Waals surface area contributed by atoms with Gasteiger partial charge in [-0.15, -0.1) is 0 Å². The van der Waals surface area contributed by atoms with Gasteiger partial charge in [0.25, 0.3) is 0 Å². The van der Waals surface area contributed by atoms with Crippen molar-refractivity contribution in [3.05, 3.63) is 0 Å². The van der Waals surface area contributed by atoms with E-state index in [2.05, 4.69) is 0 Å². The van der Waals surface area contributed by atoms with Crippen LogP contribution < -0.4 is 0 Å². The fourth-order valence-corrected chi connectivity index (χ4v) is 0.380. The Morgan fingerprint density at radius 3 is 1.62 bits per heavy atom. The summed E-state index contributed by atoms with van der Waals surface area (Å²) in [5.74, 6) is 0. The van der Waals surface area contributed by atoms with E-state index in [1.807, 2.05) is 0 Å². The number of alkyl halides is 3. The molecule has 0 amide bonds. The van der Waals surface area contributed by atoms with Gasteiger partial charge in [-0.05, 0) is 0 Å². The van der Waals surface area contributed by atoms with E-state index < -0.39 is 3.79 Å². The molecule has 1 N–H and O–H groups in total.